The van der Waals surface area contributed by atoms with E-state index in [-0.39, 0.29) is 0 Å². The molecule has 0 fully saturated rings. The van der Waals surface area contributed by atoms with Crippen LogP contribution in [0.4, 0.5) is 5.69 Å². The summed E-state index contributed by atoms with van der Waals surface area (Å²) in [6.07, 6.45) is 2.41. The van der Waals surface area contributed by atoms with Gasteiger partial charge in [-0.15, -0.1) is 0 Å². The van der Waals surface area contributed by atoms with Crippen molar-refractivity contribution in [2.24, 2.45) is 0 Å². The molecule has 0 spiro atoms. The van der Waals surface area contributed by atoms with Crippen LogP contribution < -0.4 is 5.32 Å². The van der Waals surface area contributed by atoms with Crippen LogP contribution in [0.5, 0.6) is 0 Å². The smallest absolute Gasteiger partial charge is 0.0346 e. The van der Waals surface area contributed by atoms with Gasteiger partial charge in [-0.2, -0.15) is 0 Å². The molecule has 1 nitrogen and oxygen atoms in total. The van der Waals surface area contributed by atoms with Crippen LogP contribution in [0.25, 0.3) is 5.57 Å². The third-order valence-electron chi connectivity index (χ3n) is 3.19. The number of anilines is 1. The van der Waals surface area contributed by atoms with Crippen LogP contribution in [0.15, 0.2) is 61.2 Å². The van der Waals surface area contributed by atoms with Gasteiger partial charge < -0.3 is 5.32 Å². The summed E-state index contributed by atoms with van der Waals surface area (Å²) in [4.78, 5) is 0. The lowest BCUT2D eigenvalue weighted by molar-refractivity contribution is 0.834. The van der Waals surface area contributed by atoms with E-state index in [1.54, 1.807) is 0 Å². The standard InChI is InChI=1S/C18H21N/c1-3-4-13-19-18-12-8-11-17(14-18)15(2)16-9-6-5-7-10-16/h5-12,14,19H,2-4,13H2,1H3. The minimum atomic E-state index is 1.03. The van der Waals surface area contributed by atoms with Gasteiger partial charge in [0.15, 0.2) is 0 Å². The van der Waals surface area contributed by atoms with Gasteiger partial charge >= 0.3 is 0 Å². The van der Waals surface area contributed by atoms with Crippen molar-refractivity contribution in [2.75, 3.05) is 11.9 Å². The first-order chi connectivity index (χ1) is 9.31. The lowest BCUT2D eigenvalue weighted by Gasteiger charge is -2.10. The van der Waals surface area contributed by atoms with E-state index in [0.717, 1.165) is 12.1 Å². The van der Waals surface area contributed by atoms with Crippen molar-refractivity contribution in [1.82, 2.24) is 0 Å². The number of unbranched alkanes of at least 4 members (excludes halogenated alkanes) is 1. The largest absolute Gasteiger partial charge is 0.385 e. The molecule has 0 bridgehead atoms. The van der Waals surface area contributed by atoms with E-state index in [4.69, 9.17) is 0 Å². The lowest BCUT2D eigenvalue weighted by Crippen LogP contribution is -2.01. The Balaban J connectivity index is 2.12. The number of rotatable bonds is 6. The highest BCUT2D eigenvalue weighted by atomic mass is 14.9. The van der Waals surface area contributed by atoms with Crippen LogP contribution in [-0.4, -0.2) is 6.54 Å². The summed E-state index contributed by atoms with van der Waals surface area (Å²) in [6.45, 7) is 7.43. The molecule has 1 heteroatoms. The van der Waals surface area contributed by atoms with E-state index in [9.17, 15) is 0 Å². The minimum Gasteiger partial charge on any atom is -0.385 e. The molecule has 2 rings (SSSR count). The first-order valence-corrected chi connectivity index (χ1v) is 6.90. The Morgan fingerprint density at radius 2 is 1.74 bits per heavy atom. The average Bonchev–Trinajstić information content (AvgIpc) is 2.48. The number of hydrogen-bond acceptors (Lipinski definition) is 1. The molecule has 0 unspecified atom stereocenters. The summed E-state index contributed by atoms with van der Waals surface area (Å²) in [5.74, 6) is 0. The summed E-state index contributed by atoms with van der Waals surface area (Å²) in [6, 6.07) is 18.8. The molecule has 98 valence electrons. The minimum absolute atomic E-state index is 1.03. The van der Waals surface area contributed by atoms with Crippen LogP contribution in [0.2, 0.25) is 0 Å². The third kappa shape index (κ3) is 3.72. The van der Waals surface area contributed by atoms with Crippen molar-refractivity contribution >= 4 is 11.3 Å². The summed E-state index contributed by atoms with van der Waals surface area (Å²) >= 11 is 0. The van der Waals surface area contributed by atoms with Gasteiger partial charge in [-0.3, -0.25) is 0 Å². The molecule has 2 aromatic carbocycles. The number of benzene rings is 2. The topological polar surface area (TPSA) is 12.0 Å². The predicted octanol–water partition coefficient (Wildman–Crippen LogP) is 4.96. The first-order valence-electron chi connectivity index (χ1n) is 6.90. The van der Waals surface area contributed by atoms with Crippen molar-refractivity contribution in [3.63, 3.8) is 0 Å². The Hall–Kier alpha value is -2.02. The average molecular weight is 251 g/mol. The molecule has 0 amide bonds. The molecule has 0 aliphatic rings. The zero-order valence-corrected chi connectivity index (χ0v) is 11.5. The summed E-state index contributed by atoms with van der Waals surface area (Å²) in [7, 11) is 0. The van der Waals surface area contributed by atoms with Gasteiger partial charge in [-0.25, -0.2) is 0 Å². The van der Waals surface area contributed by atoms with Crippen molar-refractivity contribution in [3.05, 3.63) is 72.3 Å². The van der Waals surface area contributed by atoms with E-state index in [1.807, 2.05) is 18.2 Å². The fourth-order valence-corrected chi connectivity index (χ4v) is 2.03. The van der Waals surface area contributed by atoms with E-state index in [0.29, 0.717) is 0 Å². The Labute approximate surface area is 116 Å². The first kappa shape index (κ1) is 13.4. The summed E-state index contributed by atoms with van der Waals surface area (Å²) in [5, 5.41) is 3.45. The molecule has 0 atom stereocenters. The maximum Gasteiger partial charge on any atom is 0.0346 e. The van der Waals surface area contributed by atoms with E-state index in [2.05, 4.69) is 55.2 Å². The fraction of sp³-hybridized carbons (Fsp3) is 0.222. The van der Waals surface area contributed by atoms with Crippen LogP contribution >= 0.6 is 0 Å². The second-order valence-electron chi connectivity index (χ2n) is 4.71. The number of hydrogen-bond donors (Lipinski definition) is 1. The van der Waals surface area contributed by atoms with Gasteiger partial charge in [0.1, 0.15) is 0 Å². The SMILES string of the molecule is C=C(c1ccccc1)c1cccc(NCCCC)c1. The molecule has 2 aromatic rings. The van der Waals surface area contributed by atoms with Crippen LogP contribution in [0.3, 0.4) is 0 Å². The fourth-order valence-electron chi connectivity index (χ4n) is 2.03. The van der Waals surface area contributed by atoms with Gasteiger partial charge in [0.25, 0.3) is 0 Å². The van der Waals surface area contributed by atoms with Gasteiger partial charge in [-0.05, 0) is 35.3 Å². The monoisotopic (exact) mass is 251 g/mol. The van der Waals surface area contributed by atoms with E-state index in [1.165, 1.54) is 29.7 Å². The molecule has 0 aromatic heterocycles. The van der Waals surface area contributed by atoms with E-state index >= 15 is 0 Å². The van der Waals surface area contributed by atoms with Crippen molar-refractivity contribution in [3.8, 4) is 0 Å². The Morgan fingerprint density at radius 3 is 2.47 bits per heavy atom. The Kier molecular flexibility index (Phi) is 4.79. The normalized spacial score (nSPS) is 10.2. The maximum absolute atomic E-state index is 4.20. The zero-order chi connectivity index (χ0) is 13.5. The van der Waals surface area contributed by atoms with Gasteiger partial charge in [-0.1, -0.05) is 62.4 Å². The highest BCUT2D eigenvalue weighted by molar-refractivity contribution is 5.79. The van der Waals surface area contributed by atoms with Crippen LogP contribution in [-0.2, 0) is 0 Å². The lowest BCUT2D eigenvalue weighted by atomic mass is 9.99. The molecule has 0 saturated heterocycles. The third-order valence-corrected chi connectivity index (χ3v) is 3.19. The van der Waals surface area contributed by atoms with Gasteiger partial charge in [0, 0.05) is 12.2 Å². The molecule has 19 heavy (non-hydrogen) atoms. The molecular formula is C18H21N. The Bertz CT molecular complexity index is 528. The van der Waals surface area contributed by atoms with Crippen LogP contribution in [0.1, 0.15) is 30.9 Å². The quantitative estimate of drug-likeness (QED) is 0.715. The van der Waals surface area contributed by atoms with Crippen molar-refractivity contribution in [2.45, 2.75) is 19.8 Å². The summed E-state index contributed by atoms with van der Waals surface area (Å²) in [5.41, 5.74) is 4.59. The molecule has 0 heterocycles. The Morgan fingerprint density at radius 1 is 1.00 bits per heavy atom. The molecule has 0 aliphatic carbocycles. The van der Waals surface area contributed by atoms with E-state index < -0.39 is 0 Å². The second-order valence-corrected chi connectivity index (χ2v) is 4.71. The predicted molar refractivity (Wildman–Crippen MR) is 84.4 cm³/mol. The van der Waals surface area contributed by atoms with Gasteiger partial charge in [0.2, 0.25) is 0 Å². The van der Waals surface area contributed by atoms with Crippen molar-refractivity contribution < 1.29 is 0 Å². The molecule has 0 saturated carbocycles. The number of nitrogens with one attached hydrogen (secondary N) is 1. The molecular weight excluding hydrogens is 230 g/mol. The molecule has 1 N–H and O–H groups in total. The summed E-state index contributed by atoms with van der Waals surface area (Å²) < 4.78 is 0. The zero-order valence-electron chi connectivity index (χ0n) is 11.5. The van der Waals surface area contributed by atoms with Crippen molar-refractivity contribution in [1.29, 1.82) is 0 Å². The molecule has 0 aliphatic heterocycles. The molecule has 0 radical (unpaired) electrons. The second kappa shape index (κ2) is 6.79. The maximum atomic E-state index is 4.20. The van der Waals surface area contributed by atoms with Gasteiger partial charge in [0.05, 0.1) is 0 Å². The highest BCUT2D eigenvalue weighted by Gasteiger charge is 2.02. The highest BCUT2D eigenvalue weighted by Crippen LogP contribution is 2.23. The van der Waals surface area contributed by atoms with Crippen LogP contribution in [0, 0.1) is 0 Å².